The molecule has 2 aliphatic rings. The van der Waals surface area contributed by atoms with Crippen LogP contribution >= 0.6 is 23.2 Å². The largest absolute Gasteiger partial charge is 0.316 e. The van der Waals surface area contributed by atoms with Crippen molar-refractivity contribution in [2.75, 3.05) is 19.6 Å². The molecule has 2 atom stereocenters. The number of nitrogens with one attached hydrogen (secondary N) is 1. The number of hydrogen-bond acceptors (Lipinski definition) is 4. The summed E-state index contributed by atoms with van der Waals surface area (Å²) >= 11 is 12.0. The average Bonchev–Trinajstić information content (AvgIpc) is 3.07. The van der Waals surface area contributed by atoms with E-state index in [2.05, 4.69) is 4.99 Å². The molecule has 7 heteroatoms. The van der Waals surface area contributed by atoms with Crippen LogP contribution in [0.25, 0.3) is 0 Å². The molecule has 0 saturated carbocycles. The minimum absolute atomic E-state index is 0.174. The smallest absolute Gasteiger partial charge is 0.275 e. The van der Waals surface area contributed by atoms with E-state index in [1.165, 1.54) is 36.4 Å². The van der Waals surface area contributed by atoms with Gasteiger partial charge in [0, 0.05) is 40.8 Å². The number of nitrogens with zero attached hydrogens (tertiary/aromatic N) is 2. The van der Waals surface area contributed by atoms with Crippen molar-refractivity contribution in [2.45, 2.75) is 25.4 Å². The van der Waals surface area contributed by atoms with Crippen LogP contribution in [-0.2, 0) is 4.79 Å². The van der Waals surface area contributed by atoms with E-state index in [1.807, 2.05) is 0 Å². The van der Waals surface area contributed by atoms with E-state index < -0.39 is 49.7 Å². The maximum atomic E-state index is 13.6. The second-order valence-corrected chi connectivity index (χ2v) is 7.66. The van der Waals surface area contributed by atoms with E-state index >= 15 is 0 Å². The average molecular weight is 436 g/mol. The summed E-state index contributed by atoms with van der Waals surface area (Å²) in [6, 6.07) is 10.7. The first-order chi connectivity index (χ1) is 16.2. The molecule has 0 aliphatic carbocycles. The van der Waals surface area contributed by atoms with Crippen LogP contribution in [-0.4, -0.2) is 47.5 Å². The fraction of sp³-hybridized carbons (Fsp3) is 0.318. The van der Waals surface area contributed by atoms with Gasteiger partial charge in [-0.3, -0.25) is 14.6 Å². The van der Waals surface area contributed by atoms with Crippen molar-refractivity contribution in [3.05, 3.63) is 69.2 Å². The van der Waals surface area contributed by atoms with Crippen LogP contribution in [0.4, 0.5) is 0 Å². The SMILES string of the molecule is [2H]C1CC2(N=C(c3ccc(Cl)cc3)C(=O)N2CC(=O)c2ccc(Cl)c(C)c2)C([2H])([2H])C([2H])([2H])N1[2H]. The zero-order chi connectivity index (χ0) is 25.9. The maximum Gasteiger partial charge on any atom is 0.275 e. The Labute approximate surface area is 188 Å². The van der Waals surface area contributed by atoms with E-state index in [0.717, 1.165) is 4.90 Å². The first kappa shape index (κ1) is 13.9. The van der Waals surface area contributed by atoms with E-state index in [9.17, 15) is 9.59 Å². The first-order valence-corrected chi connectivity index (χ1v) is 9.66. The van der Waals surface area contributed by atoms with Gasteiger partial charge in [0.15, 0.2) is 5.78 Å². The minimum Gasteiger partial charge on any atom is -0.316 e. The standard InChI is InChI=1S/C22H21Cl2N3O2/c1-14-12-16(4-7-18(14)24)19(28)13-27-21(29)20(15-2-5-17(23)6-3-15)26-22(27)8-10-25-11-9-22/h2-7,12,25H,8-11,13H2,1H3/i8D2,10D2,11D/hD. The fourth-order valence-electron chi connectivity index (χ4n) is 3.28. The normalized spacial score (nSPS) is 31.3. The third-order valence-corrected chi connectivity index (χ3v) is 5.55. The monoisotopic (exact) mass is 435 g/mol. The van der Waals surface area contributed by atoms with Crippen LogP contribution in [0.3, 0.4) is 0 Å². The molecule has 2 aromatic rings. The van der Waals surface area contributed by atoms with Crippen molar-refractivity contribution in [3.63, 3.8) is 0 Å². The summed E-state index contributed by atoms with van der Waals surface area (Å²) < 4.78 is 50.2. The molecule has 1 N–H and O–H groups in total. The van der Waals surface area contributed by atoms with E-state index in [0.29, 0.717) is 21.2 Å². The highest BCUT2D eigenvalue weighted by Crippen LogP contribution is 2.35. The predicted octanol–water partition coefficient (Wildman–Crippen LogP) is 3.90. The second kappa shape index (κ2) is 7.90. The zero-order valence-electron chi connectivity index (χ0n) is 21.4. The van der Waals surface area contributed by atoms with Crippen molar-refractivity contribution in [1.29, 1.82) is 0 Å². The summed E-state index contributed by atoms with van der Waals surface area (Å²) in [5, 5.41) is 1.08. The highest BCUT2D eigenvalue weighted by atomic mass is 35.5. The quantitative estimate of drug-likeness (QED) is 0.740. The number of carbonyl (C=O) groups excluding carboxylic acids is 2. The number of ketones is 1. The molecule has 0 bridgehead atoms. The molecule has 5 nitrogen and oxygen atoms in total. The van der Waals surface area contributed by atoms with Crippen LogP contribution < -0.4 is 5.31 Å². The Morgan fingerprint density at radius 1 is 1.31 bits per heavy atom. The first-order valence-electron chi connectivity index (χ1n) is 11.9. The molecule has 1 amide bonds. The number of aliphatic imine (C=N–C) groups is 1. The number of piperidine rings is 1. The Bertz CT molecular complexity index is 1240. The minimum atomic E-state index is -2.99. The Balaban J connectivity index is 1.85. The molecule has 2 unspecified atom stereocenters. The Kier molecular flexibility index (Phi) is 3.79. The lowest BCUT2D eigenvalue weighted by molar-refractivity contribution is -0.127. The molecular weight excluding hydrogens is 409 g/mol. The van der Waals surface area contributed by atoms with E-state index in [1.54, 1.807) is 13.0 Å². The predicted molar refractivity (Wildman–Crippen MR) is 115 cm³/mol. The molecule has 2 heterocycles. The molecule has 1 fully saturated rings. The van der Waals surface area contributed by atoms with Gasteiger partial charge in [-0.25, -0.2) is 0 Å². The number of rotatable bonds is 4. The summed E-state index contributed by atoms with van der Waals surface area (Å²) in [4.78, 5) is 32.1. The highest BCUT2D eigenvalue weighted by molar-refractivity contribution is 6.47. The highest BCUT2D eigenvalue weighted by Gasteiger charge is 2.48. The third-order valence-electron chi connectivity index (χ3n) is 4.88. The Hall–Kier alpha value is -2.21. The van der Waals surface area contributed by atoms with Crippen molar-refractivity contribution in [3.8, 4) is 0 Å². The number of benzene rings is 2. The van der Waals surface area contributed by atoms with Gasteiger partial charge in [0.05, 0.1) is 6.54 Å². The number of hydrogen-bond donors (Lipinski definition) is 1. The molecule has 1 spiro atoms. The molecule has 29 heavy (non-hydrogen) atoms. The summed E-state index contributed by atoms with van der Waals surface area (Å²) in [5.41, 5.74) is -1.23. The topological polar surface area (TPSA) is 61.8 Å². The zero-order valence-corrected chi connectivity index (χ0v) is 17.0. The molecule has 2 aliphatic heterocycles. The number of Topliss-reactive ketones (excluding diaryl/α,β-unsaturated/α-hetero) is 1. The maximum absolute atomic E-state index is 13.6. The van der Waals surface area contributed by atoms with Crippen molar-refractivity contribution in [2.24, 2.45) is 4.99 Å². The third kappa shape index (κ3) is 3.82. The van der Waals surface area contributed by atoms with Crippen molar-refractivity contribution in [1.82, 2.24) is 10.2 Å². The lowest BCUT2D eigenvalue weighted by Gasteiger charge is -2.39. The van der Waals surface area contributed by atoms with E-state index in [-0.39, 0.29) is 16.6 Å². The number of aryl methyl sites for hydroxylation is 1. The Morgan fingerprint density at radius 3 is 2.79 bits per heavy atom. The van der Waals surface area contributed by atoms with Gasteiger partial charge in [-0.1, -0.05) is 35.3 Å². The molecule has 0 radical (unpaired) electrons. The van der Waals surface area contributed by atoms with Crippen LogP contribution in [0.1, 0.15) is 41.1 Å². The molecule has 1 saturated heterocycles. The number of amides is 1. The molecule has 150 valence electrons. The van der Waals surface area contributed by atoms with Crippen LogP contribution in [0.15, 0.2) is 47.5 Å². The van der Waals surface area contributed by atoms with E-state index in [4.69, 9.17) is 31.5 Å². The van der Waals surface area contributed by atoms with Crippen LogP contribution in [0.2, 0.25) is 11.5 Å². The lowest BCUT2D eigenvalue weighted by atomic mass is 9.96. The lowest BCUT2D eigenvalue weighted by Crippen LogP contribution is -2.54. The number of carbonyl (C=O) groups is 2. The van der Waals surface area contributed by atoms with Crippen LogP contribution in [0.5, 0.6) is 0 Å². The van der Waals surface area contributed by atoms with Gasteiger partial charge in [0.25, 0.3) is 5.91 Å². The molecular formula is C22H21Cl2N3O2. The fourth-order valence-corrected chi connectivity index (χ4v) is 3.53. The van der Waals surface area contributed by atoms with Gasteiger partial charge in [0.1, 0.15) is 12.8 Å². The molecule has 0 aromatic heterocycles. The van der Waals surface area contributed by atoms with Gasteiger partial charge < -0.3 is 10.2 Å². The van der Waals surface area contributed by atoms with Gasteiger partial charge in [-0.15, -0.1) is 0 Å². The second-order valence-electron chi connectivity index (χ2n) is 6.81. The van der Waals surface area contributed by atoms with Crippen molar-refractivity contribution < 1.29 is 17.9 Å². The summed E-state index contributed by atoms with van der Waals surface area (Å²) in [5.74, 6) is -1.31. The van der Waals surface area contributed by atoms with Crippen molar-refractivity contribution >= 4 is 40.6 Å². The summed E-state index contributed by atoms with van der Waals surface area (Å²) in [6.07, 6.45) is -3.46. The summed E-state index contributed by atoms with van der Waals surface area (Å²) in [6.45, 7) is -3.44. The molecule has 4 rings (SSSR count). The Morgan fingerprint density at radius 2 is 2.07 bits per heavy atom. The summed E-state index contributed by atoms with van der Waals surface area (Å²) in [7, 11) is 0. The molecule has 2 aromatic carbocycles. The van der Waals surface area contributed by atoms with Gasteiger partial charge in [-0.2, -0.15) is 0 Å². The van der Waals surface area contributed by atoms with Gasteiger partial charge in [-0.05, 0) is 55.8 Å². The van der Waals surface area contributed by atoms with Gasteiger partial charge >= 0.3 is 0 Å². The number of halogens is 2. The van der Waals surface area contributed by atoms with Gasteiger partial charge in [0.2, 0.25) is 0 Å². The van der Waals surface area contributed by atoms with Crippen LogP contribution in [0, 0.1) is 6.92 Å².